The normalized spacial score (nSPS) is 14.1. The summed E-state index contributed by atoms with van der Waals surface area (Å²) in [6, 6.07) is 16.1. The van der Waals surface area contributed by atoms with Gasteiger partial charge in [-0.15, -0.1) is 0 Å². The van der Waals surface area contributed by atoms with Gasteiger partial charge in [0.25, 0.3) is 0 Å². The Balaban J connectivity index is 1.22. The van der Waals surface area contributed by atoms with Gasteiger partial charge in [0, 0.05) is 34.8 Å². The Morgan fingerprint density at radius 2 is 1.70 bits per heavy atom. The van der Waals surface area contributed by atoms with Crippen molar-refractivity contribution in [3.05, 3.63) is 79.0 Å². The van der Waals surface area contributed by atoms with Gasteiger partial charge in [-0.1, -0.05) is 25.3 Å². The van der Waals surface area contributed by atoms with Gasteiger partial charge in [-0.3, -0.25) is 19.9 Å². The number of nitrogens with one attached hydrogen (secondary N) is 3. The number of rotatable bonds is 5. The topological polar surface area (TPSA) is 112 Å². The Kier molecular flexibility index (Phi) is 6.03. The summed E-state index contributed by atoms with van der Waals surface area (Å²) >= 11 is 0. The third-order valence-corrected chi connectivity index (χ3v) is 7.62. The van der Waals surface area contributed by atoms with Crippen LogP contribution in [-0.4, -0.2) is 36.0 Å². The van der Waals surface area contributed by atoms with Crippen LogP contribution in [0.4, 0.5) is 10.1 Å². The van der Waals surface area contributed by atoms with Crippen molar-refractivity contribution in [2.45, 2.75) is 32.1 Å². The number of anilines is 1. The number of halogens is 1. The maximum absolute atomic E-state index is 13.5. The van der Waals surface area contributed by atoms with Crippen LogP contribution in [0.1, 0.15) is 32.1 Å². The molecule has 4 heterocycles. The third-order valence-electron chi connectivity index (χ3n) is 7.62. The van der Waals surface area contributed by atoms with Gasteiger partial charge in [-0.05, 0) is 66.9 Å². The van der Waals surface area contributed by atoms with E-state index in [1.165, 1.54) is 18.6 Å². The zero-order valence-electron chi connectivity index (χ0n) is 21.6. The van der Waals surface area contributed by atoms with E-state index in [1.807, 2.05) is 30.3 Å². The molecule has 9 heteroatoms. The van der Waals surface area contributed by atoms with Crippen LogP contribution >= 0.6 is 0 Å². The van der Waals surface area contributed by atoms with E-state index >= 15 is 0 Å². The van der Waals surface area contributed by atoms with Gasteiger partial charge in [0.15, 0.2) is 5.82 Å². The van der Waals surface area contributed by atoms with Crippen molar-refractivity contribution >= 4 is 33.5 Å². The number of hydrogen-bond donors (Lipinski definition) is 3. The summed E-state index contributed by atoms with van der Waals surface area (Å²) in [7, 11) is 0. The molecular weight excluding hydrogens is 505 g/mol. The minimum Gasteiger partial charge on any atom is -0.336 e. The Morgan fingerprint density at radius 3 is 2.55 bits per heavy atom. The van der Waals surface area contributed by atoms with Crippen molar-refractivity contribution < 1.29 is 9.18 Å². The zero-order chi connectivity index (χ0) is 27.1. The monoisotopic (exact) mass is 531 g/mol. The summed E-state index contributed by atoms with van der Waals surface area (Å²) in [5.41, 5.74) is 7.01. The first-order valence-electron chi connectivity index (χ1n) is 13.5. The fourth-order valence-electron chi connectivity index (χ4n) is 5.52. The van der Waals surface area contributed by atoms with Crippen LogP contribution < -0.4 is 5.32 Å². The highest BCUT2D eigenvalue weighted by Crippen LogP contribution is 2.33. The predicted octanol–water partition coefficient (Wildman–Crippen LogP) is 6.89. The van der Waals surface area contributed by atoms with Crippen LogP contribution in [0.3, 0.4) is 0 Å². The van der Waals surface area contributed by atoms with Crippen molar-refractivity contribution in [2.75, 3.05) is 5.32 Å². The molecule has 1 aliphatic carbocycles. The van der Waals surface area contributed by atoms with E-state index in [4.69, 9.17) is 4.98 Å². The molecule has 2 aromatic carbocycles. The molecule has 1 saturated carbocycles. The fourth-order valence-corrected chi connectivity index (χ4v) is 5.52. The molecule has 0 unspecified atom stereocenters. The molecule has 8 nitrogen and oxygen atoms in total. The highest BCUT2D eigenvalue weighted by molar-refractivity contribution is 5.98. The summed E-state index contributed by atoms with van der Waals surface area (Å²) in [6.07, 6.45) is 10.5. The molecule has 4 aromatic heterocycles. The molecule has 0 atom stereocenters. The number of aromatic nitrogens is 6. The maximum atomic E-state index is 13.5. The van der Waals surface area contributed by atoms with Gasteiger partial charge >= 0.3 is 0 Å². The summed E-state index contributed by atoms with van der Waals surface area (Å²) in [4.78, 5) is 29.9. The molecule has 1 fully saturated rings. The third kappa shape index (κ3) is 4.49. The smallest absolute Gasteiger partial charge is 0.227 e. The summed E-state index contributed by atoms with van der Waals surface area (Å²) in [5, 5.41) is 11.6. The Labute approximate surface area is 229 Å². The quantitative estimate of drug-likeness (QED) is 0.224. The molecule has 1 amide bonds. The van der Waals surface area contributed by atoms with E-state index in [9.17, 15) is 9.18 Å². The lowest BCUT2D eigenvalue weighted by atomic mass is 9.88. The van der Waals surface area contributed by atoms with E-state index < -0.39 is 0 Å². The van der Waals surface area contributed by atoms with Crippen molar-refractivity contribution in [2.24, 2.45) is 5.92 Å². The summed E-state index contributed by atoms with van der Waals surface area (Å²) in [6.45, 7) is 0. The van der Waals surface area contributed by atoms with E-state index in [0.29, 0.717) is 28.4 Å². The van der Waals surface area contributed by atoms with Crippen LogP contribution in [0.5, 0.6) is 0 Å². The highest BCUT2D eigenvalue weighted by Gasteiger charge is 2.21. The average molecular weight is 532 g/mol. The molecule has 40 heavy (non-hydrogen) atoms. The molecule has 6 aromatic rings. The molecular formula is C31H26FN7O. The fraction of sp³-hybridized carbons (Fsp3) is 0.194. The van der Waals surface area contributed by atoms with E-state index in [1.54, 1.807) is 30.7 Å². The lowest BCUT2D eigenvalue weighted by Gasteiger charge is -2.20. The average Bonchev–Trinajstić information content (AvgIpc) is 3.62. The number of nitrogens with zero attached hydrogens (tertiary/aromatic N) is 4. The van der Waals surface area contributed by atoms with Crippen molar-refractivity contribution in [1.29, 1.82) is 0 Å². The van der Waals surface area contributed by atoms with Crippen LogP contribution in [0.25, 0.3) is 55.8 Å². The zero-order valence-corrected chi connectivity index (χ0v) is 21.6. The van der Waals surface area contributed by atoms with Gasteiger partial charge in [0.1, 0.15) is 17.0 Å². The molecule has 0 bridgehead atoms. The number of pyridine rings is 2. The second-order valence-electron chi connectivity index (χ2n) is 10.3. The van der Waals surface area contributed by atoms with Crippen LogP contribution in [0.2, 0.25) is 0 Å². The van der Waals surface area contributed by atoms with Gasteiger partial charge < -0.3 is 10.3 Å². The number of imidazole rings is 1. The first-order valence-corrected chi connectivity index (χ1v) is 13.5. The van der Waals surface area contributed by atoms with Crippen LogP contribution in [0, 0.1) is 11.7 Å². The molecule has 1 aliphatic rings. The first kappa shape index (κ1) is 24.1. The highest BCUT2D eigenvalue weighted by atomic mass is 19.1. The Morgan fingerprint density at radius 1 is 0.875 bits per heavy atom. The van der Waals surface area contributed by atoms with E-state index in [2.05, 4.69) is 30.5 Å². The molecule has 0 radical (unpaired) electrons. The number of carbonyl (C=O) groups excluding carboxylic acids is 1. The Hall–Kier alpha value is -4.92. The lowest BCUT2D eigenvalue weighted by molar-refractivity contribution is -0.120. The van der Waals surface area contributed by atoms with E-state index in [-0.39, 0.29) is 17.6 Å². The molecule has 7 rings (SSSR count). The van der Waals surface area contributed by atoms with Gasteiger partial charge in [-0.25, -0.2) is 9.37 Å². The number of fused-ring (bicyclic) bond motifs is 2. The lowest BCUT2D eigenvalue weighted by Crippen LogP contribution is -2.24. The minimum absolute atomic E-state index is 0.0739. The second kappa shape index (κ2) is 10.00. The standard InChI is InChI=1S/C31H26FN7O/c32-22-9-6-18(7-10-22)27-29-26(12-13-34-27)36-30(37-29)28-24-15-20(8-11-25(24)38-39-28)21-14-23(17-33-16-21)35-31(40)19-4-2-1-3-5-19/h6-17,19H,1-5H2,(H,35,40)(H,36,37)(H,38,39). The Bertz CT molecular complexity index is 1850. The van der Waals surface area contributed by atoms with Crippen LogP contribution in [-0.2, 0) is 4.79 Å². The minimum atomic E-state index is -0.301. The molecule has 0 saturated heterocycles. The maximum Gasteiger partial charge on any atom is 0.227 e. The molecule has 0 spiro atoms. The van der Waals surface area contributed by atoms with Gasteiger partial charge in [0.2, 0.25) is 5.91 Å². The van der Waals surface area contributed by atoms with E-state index in [0.717, 1.165) is 58.8 Å². The van der Waals surface area contributed by atoms with Crippen LogP contribution in [0.15, 0.2) is 73.2 Å². The SMILES string of the molecule is O=C(Nc1cncc(-c2ccc3[nH]nc(-c4nc5c(-c6ccc(F)cc6)nccc5[nH]4)c3c2)c1)C1CCCCC1. The first-order chi connectivity index (χ1) is 19.6. The van der Waals surface area contributed by atoms with Gasteiger partial charge in [0.05, 0.1) is 28.6 Å². The van der Waals surface area contributed by atoms with Gasteiger partial charge in [-0.2, -0.15) is 5.10 Å². The molecule has 3 N–H and O–H groups in total. The van der Waals surface area contributed by atoms with Crippen molar-refractivity contribution in [1.82, 2.24) is 30.1 Å². The molecule has 198 valence electrons. The number of hydrogen-bond acceptors (Lipinski definition) is 5. The number of amides is 1. The number of H-pyrrole nitrogens is 2. The number of benzene rings is 2. The number of aromatic amines is 2. The summed E-state index contributed by atoms with van der Waals surface area (Å²) in [5.74, 6) is 0.446. The molecule has 0 aliphatic heterocycles. The van der Waals surface area contributed by atoms with Crippen molar-refractivity contribution in [3.8, 4) is 33.9 Å². The largest absolute Gasteiger partial charge is 0.336 e. The summed E-state index contributed by atoms with van der Waals surface area (Å²) < 4.78 is 13.5. The van der Waals surface area contributed by atoms with Crippen molar-refractivity contribution in [3.63, 3.8) is 0 Å². The second-order valence-corrected chi connectivity index (χ2v) is 10.3. The predicted molar refractivity (Wildman–Crippen MR) is 153 cm³/mol. The number of carbonyl (C=O) groups is 1.